The van der Waals surface area contributed by atoms with Gasteiger partial charge in [0, 0.05) is 24.0 Å². The highest BCUT2D eigenvalue weighted by Gasteiger charge is 2.25. The van der Waals surface area contributed by atoms with E-state index in [0.717, 1.165) is 23.7 Å². The number of nitrogens with one attached hydrogen (secondary N) is 2. The molecule has 1 saturated heterocycles. The fraction of sp³-hybridized carbons (Fsp3) is 0.529. The Morgan fingerprint density at radius 2 is 2.41 bits per heavy atom. The van der Waals surface area contributed by atoms with Crippen LogP contribution < -0.4 is 10.6 Å². The molecule has 1 aliphatic heterocycles. The Balaban J connectivity index is 1.97. The lowest BCUT2D eigenvalue weighted by Gasteiger charge is -2.31. The quantitative estimate of drug-likeness (QED) is 0.569. The van der Waals surface area contributed by atoms with Crippen molar-refractivity contribution in [3.8, 4) is 0 Å². The predicted molar refractivity (Wildman–Crippen MR) is 89.9 cm³/mol. The zero-order valence-electron chi connectivity index (χ0n) is 13.1. The van der Waals surface area contributed by atoms with Crippen LogP contribution in [0, 0.1) is 5.92 Å². The van der Waals surface area contributed by atoms with Crippen molar-refractivity contribution in [1.29, 1.82) is 0 Å². The van der Waals surface area contributed by atoms with Crippen molar-refractivity contribution in [3.63, 3.8) is 0 Å². The molecule has 2 N–H and O–H groups in total. The Morgan fingerprint density at radius 1 is 1.55 bits per heavy atom. The summed E-state index contributed by atoms with van der Waals surface area (Å²) in [6, 6.07) is 7.97. The van der Waals surface area contributed by atoms with Crippen molar-refractivity contribution in [2.75, 3.05) is 33.4 Å². The summed E-state index contributed by atoms with van der Waals surface area (Å²) >= 11 is 6.14. The first kappa shape index (κ1) is 17.1. The number of benzene rings is 1. The Bertz CT molecular complexity index is 475. The molecule has 0 amide bonds. The van der Waals surface area contributed by atoms with Crippen molar-refractivity contribution in [2.45, 2.75) is 18.9 Å². The van der Waals surface area contributed by atoms with Gasteiger partial charge in [0.1, 0.15) is 0 Å². The summed E-state index contributed by atoms with van der Waals surface area (Å²) in [4.78, 5) is 0. The number of halogens is 1. The Labute approximate surface area is 137 Å². The highest BCUT2D eigenvalue weighted by molar-refractivity contribution is 6.30. The fourth-order valence-electron chi connectivity index (χ4n) is 2.77. The summed E-state index contributed by atoms with van der Waals surface area (Å²) in [5.74, 6) is 1.03. The van der Waals surface area contributed by atoms with Gasteiger partial charge in [-0.25, -0.2) is 0 Å². The topological polar surface area (TPSA) is 42.5 Å². The molecule has 122 valence electrons. The van der Waals surface area contributed by atoms with E-state index in [9.17, 15) is 0 Å². The molecule has 0 aliphatic carbocycles. The molecule has 1 fully saturated rings. The van der Waals surface area contributed by atoms with Gasteiger partial charge in [0.05, 0.1) is 19.8 Å². The third kappa shape index (κ3) is 5.20. The molecule has 4 nitrogen and oxygen atoms in total. The zero-order chi connectivity index (χ0) is 15.8. The molecule has 0 aromatic heterocycles. The van der Waals surface area contributed by atoms with Crippen molar-refractivity contribution in [3.05, 3.63) is 47.3 Å². The van der Waals surface area contributed by atoms with E-state index >= 15 is 0 Å². The molecule has 0 radical (unpaired) electrons. The fourth-order valence-corrected chi connectivity index (χ4v) is 2.97. The van der Waals surface area contributed by atoms with Crippen molar-refractivity contribution in [2.24, 2.45) is 5.92 Å². The lowest BCUT2D eigenvalue weighted by molar-refractivity contribution is 0.00427. The van der Waals surface area contributed by atoms with Gasteiger partial charge >= 0.3 is 0 Å². The number of piperidine rings is 1. The molecule has 0 saturated carbocycles. The van der Waals surface area contributed by atoms with Crippen LogP contribution in [0.5, 0.6) is 0 Å². The number of methoxy groups -OCH3 is 1. The summed E-state index contributed by atoms with van der Waals surface area (Å²) in [7, 11) is 1.60. The third-order valence-electron chi connectivity index (χ3n) is 3.91. The van der Waals surface area contributed by atoms with Gasteiger partial charge in [-0.1, -0.05) is 23.7 Å². The molecule has 22 heavy (non-hydrogen) atoms. The van der Waals surface area contributed by atoms with Crippen molar-refractivity contribution in [1.82, 2.24) is 10.6 Å². The van der Waals surface area contributed by atoms with Crippen LogP contribution >= 0.6 is 11.6 Å². The monoisotopic (exact) mass is 324 g/mol. The van der Waals surface area contributed by atoms with E-state index in [2.05, 4.69) is 23.3 Å². The molecule has 2 unspecified atom stereocenters. The highest BCUT2D eigenvalue weighted by Crippen LogP contribution is 2.31. The van der Waals surface area contributed by atoms with E-state index in [1.54, 1.807) is 7.11 Å². The zero-order valence-corrected chi connectivity index (χ0v) is 13.9. The number of hydrogen-bond donors (Lipinski definition) is 2. The van der Waals surface area contributed by atoms with Crippen molar-refractivity contribution < 1.29 is 9.47 Å². The van der Waals surface area contributed by atoms with Crippen LogP contribution in [-0.2, 0) is 9.47 Å². The van der Waals surface area contributed by atoms with E-state index in [0.29, 0.717) is 25.0 Å². The van der Waals surface area contributed by atoms with Crippen LogP contribution in [0.4, 0.5) is 0 Å². The van der Waals surface area contributed by atoms with Crippen LogP contribution in [0.25, 0.3) is 0 Å². The average molecular weight is 325 g/mol. The van der Waals surface area contributed by atoms with E-state index < -0.39 is 0 Å². The molecule has 0 bridgehead atoms. The van der Waals surface area contributed by atoms with Crippen LogP contribution in [-0.4, -0.2) is 33.4 Å². The maximum absolute atomic E-state index is 6.16. The standard InChI is InChI=1S/C17H25ClN2O2/c1-13(21-2)20-9-10-22-17(15-6-4-8-19-12-15)14-5-3-7-16(18)11-14/h3,5,7,11,15,17,19-20H,1,4,6,8-10,12H2,2H3. The van der Waals surface area contributed by atoms with Gasteiger partial charge in [0.15, 0.2) is 5.88 Å². The molecule has 2 rings (SSSR count). The van der Waals surface area contributed by atoms with E-state index in [1.807, 2.05) is 18.2 Å². The van der Waals surface area contributed by atoms with Crippen LogP contribution in [0.3, 0.4) is 0 Å². The Kier molecular flexibility index (Phi) is 7.03. The molecule has 2 atom stereocenters. The van der Waals surface area contributed by atoms with Gasteiger partial charge in [-0.3, -0.25) is 0 Å². The normalized spacial score (nSPS) is 19.5. The highest BCUT2D eigenvalue weighted by atomic mass is 35.5. The molecule has 1 aromatic carbocycles. The Morgan fingerprint density at radius 3 is 3.09 bits per heavy atom. The van der Waals surface area contributed by atoms with E-state index in [-0.39, 0.29) is 6.10 Å². The van der Waals surface area contributed by atoms with Crippen LogP contribution in [0.15, 0.2) is 36.7 Å². The summed E-state index contributed by atoms with van der Waals surface area (Å²) in [5, 5.41) is 7.28. The SMILES string of the molecule is C=C(NCCOC(c1cccc(Cl)c1)C1CCCNC1)OC. The average Bonchev–Trinajstić information content (AvgIpc) is 2.55. The second-order valence-corrected chi connectivity index (χ2v) is 5.94. The number of rotatable bonds is 8. The third-order valence-corrected chi connectivity index (χ3v) is 4.14. The van der Waals surface area contributed by atoms with Gasteiger partial charge in [-0.15, -0.1) is 0 Å². The predicted octanol–water partition coefficient (Wildman–Crippen LogP) is 3.10. The molecule has 5 heteroatoms. The largest absolute Gasteiger partial charge is 0.483 e. The maximum atomic E-state index is 6.16. The lowest BCUT2D eigenvalue weighted by atomic mass is 9.89. The summed E-state index contributed by atoms with van der Waals surface area (Å²) in [6.45, 7) is 7.07. The minimum Gasteiger partial charge on any atom is -0.483 e. The first-order chi connectivity index (χ1) is 10.7. The molecular formula is C17H25ClN2O2. The van der Waals surface area contributed by atoms with Gasteiger partial charge in [-0.05, 0) is 43.7 Å². The molecule has 0 spiro atoms. The van der Waals surface area contributed by atoms with E-state index in [1.165, 1.54) is 12.8 Å². The van der Waals surface area contributed by atoms with Crippen LogP contribution in [0.1, 0.15) is 24.5 Å². The molecular weight excluding hydrogens is 300 g/mol. The van der Waals surface area contributed by atoms with Gasteiger partial charge in [-0.2, -0.15) is 0 Å². The number of hydrogen-bond acceptors (Lipinski definition) is 4. The first-order valence-corrected chi connectivity index (χ1v) is 8.13. The maximum Gasteiger partial charge on any atom is 0.178 e. The molecule has 1 heterocycles. The lowest BCUT2D eigenvalue weighted by Crippen LogP contribution is -2.35. The minimum absolute atomic E-state index is 0.0594. The minimum atomic E-state index is 0.0594. The van der Waals surface area contributed by atoms with Crippen LogP contribution in [0.2, 0.25) is 5.02 Å². The second-order valence-electron chi connectivity index (χ2n) is 5.51. The second kappa shape index (κ2) is 9.03. The first-order valence-electron chi connectivity index (χ1n) is 7.75. The van der Waals surface area contributed by atoms with Gasteiger partial charge in [0.25, 0.3) is 0 Å². The van der Waals surface area contributed by atoms with Gasteiger partial charge in [0.2, 0.25) is 0 Å². The molecule has 1 aromatic rings. The summed E-state index contributed by atoms with van der Waals surface area (Å²) in [6.07, 6.45) is 2.41. The van der Waals surface area contributed by atoms with Crippen molar-refractivity contribution >= 4 is 11.6 Å². The Hall–Kier alpha value is -1.23. The molecule has 1 aliphatic rings. The summed E-state index contributed by atoms with van der Waals surface area (Å²) in [5.41, 5.74) is 1.15. The summed E-state index contributed by atoms with van der Waals surface area (Å²) < 4.78 is 11.1. The van der Waals surface area contributed by atoms with E-state index in [4.69, 9.17) is 21.1 Å². The smallest absolute Gasteiger partial charge is 0.178 e. The number of ether oxygens (including phenoxy) is 2. The van der Waals surface area contributed by atoms with Gasteiger partial charge < -0.3 is 20.1 Å².